The van der Waals surface area contributed by atoms with Gasteiger partial charge >= 0.3 is 0 Å². The standard InChI is InChI=1S/C31H31N3O4S/c1-3-34-29-13-9-8-12-26(29)27-21-23(14-19-30(27)34)32-31(35)28(20-22-10-6-5-7-11-22)33-39(36,37)25-17-15-24(16-18-25)38-4-2/h5-19,21,28,33H,3-4,20H2,1-2H3,(H,32,35)/t28-/m0/s1. The molecule has 1 amide bonds. The van der Waals surface area contributed by atoms with Crippen molar-refractivity contribution in [2.24, 2.45) is 0 Å². The summed E-state index contributed by atoms with van der Waals surface area (Å²) in [5.41, 5.74) is 3.65. The van der Waals surface area contributed by atoms with Gasteiger partial charge in [-0.05, 0) is 74.4 Å². The summed E-state index contributed by atoms with van der Waals surface area (Å²) in [6.07, 6.45) is 0.195. The van der Waals surface area contributed by atoms with Crippen molar-refractivity contribution in [1.82, 2.24) is 9.29 Å². The molecule has 0 bridgehead atoms. The van der Waals surface area contributed by atoms with E-state index in [0.717, 1.165) is 33.9 Å². The van der Waals surface area contributed by atoms with Gasteiger partial charge in [0.25, 0.3) is 0 Å². The molecule has 7 nitrogen and oxygen atoms in total. The molecule has 200 valence electrons. The van der Waals surface area contributed by atoms with Gasteiger partial charge in [0.1, 0.15) is 11.8 Å². The number of carbonyl (C=O) groups excluding carboxylic acids is 1. The zero-order chi connectivity index (χ0) is 27.4. The van der Waals surface area contributed by atoms with E-state index in [1.54, 1.807) is 12.1 Å². The summed E-state index contributed by atoms with van der Waals surface area (Å²) in [6.45, 7) is 5.27. The number of rotatable bonds is 10. The Labute approximate surface area is 228 Å². The number of ether oxygens (including phenoxy) is 1. The Morgan fingerprint density at radius 3 is 2.26 bits per heavy atom. The van der Waals surface area contributed by atoms with Crippen molar-refractivity contribution in [3.05, 3.63) is 103 Å². The van der Waals surface area contributed by atoms with E-state index in [0.29, 0.717) is 18.0 Å². The summed E-state index contributed by atoms with van der Waals surface area (Å²) in [4.78, 5) is 13.6. The van der Waals surface area contributed by atoms with Gasteiger partial charge in [-0.3, -0.25) is 4.79 Å². The summed E-state index contributed by atoms with van der Waals surface area (Å²) < 4.78 is 36.8. The summed E-state index contributed by atoms with van der Waals surface area (Å²) in [6, 6.07) is 28.4. The molecule has 0 aliphatic rings. The molecule has 0 spiro atoms. The number of nitrogens with zero attached hydrogens (tertiary/aromatic N) is 1. The van der Waals surface area contributed by atoms with Crippen LogP contribution in [0.4, 0.5) is 5.69 Å². The van der Waals surface area contributed by atoms with Crippen molar-refractivity contribution in [2.45, 2.75) is 37.8 Å². The minimum atomic E-state index is -3.98. The lowest BCUT2D eigenvalue weighted by molar-refractivity contribution is -0.117. The molecule has 5 rings (SSSR count). The number of sulfonamides is 1. The second kappa shape index (κ2) is 11.3. The first-order chi connectivity index (χ1) is 18.9. The number of para-hydroxylation sites is 1. The zero-order valence-electron chi connectivity index (χ0n) is 21.9. The number of amides is 1. The maximum absolute atomic E-state index is 13.6. The van der Waals surface area contributed by atoms with Gasteiger partial charge in [0.15, 0.2) is 0 Å². The van der Waals surface area contributed by atoms with E-state index in [9.17, 15) is 13.2 Å². The fourth-order valence-corrected chi connectivity index (χ4v) is 6.07. The molecule has 0 fully saturated rings. The molecule has 8 heteroatoms. The highest BCUT2D eigenvalue weighted by atomic mass is 32.2. The average molecular weight is 542 g/mol. The van der Waals surface area contributed by atoms with Gasteiger partial charge in [-0.25, -0.2) is 8.42 Å². The maximum atomic E-state index is 13.6. The molecular weight excluding hydrogens is 510 g/mol. The third kappa shape index (κ3) is 5.67. The van der Waals surface area contributed by atoms with Crippen LogP contribution >= 0.6 is 0 Å². The molecule has 4 aromatic carbocycles. The van der Waals surface area contributed by atoms with Gasteiger partial charge in [-0.15, -0.1) is 0 Å². The fraction of sp³-hybridized carbons (Fsp3) is 0.194. The van der Waals surface area contributed by atoms with E-state index in [1.807, 2.05) is 67.6 Å². The number of aryl methyl sites for hydroxylation is 1. The second-order valence-electron chi connectivity index (χ2n) is 9.25. The van der Waals surface area contributed by atoms with E-state index >= 15 is 0 Å². The fourth-order valence-electron chi connectivity index (χ4n) is 4.88. The molecule has 0 radical (unpaired) electrons. The van der Waals surface area contributed by atoms with Crippen molar-refractivity contribution in [1.29, 1.82) is 0 Å². The number of hydrogen-bond donors (Lipinski definition) is 2. The van der Waals surface area contributed by atoms with Gasteiger partial charge in [0.05, 0.1) is 11.5 Å². The van der Waals surface area contributed by atoms with Crippen LogP contribution in [0.3, 0.4) is 0 Å². The first-order valence-electron chi connectivity index (χ1n) is 13.0. The SMILES string of the molecule is CCOc1ccc(S(=O)(=O)N[C@@H](Cc2ccccc2)C(=O)Nc2ccc3c(c2)c2ccccc2n3CC)cc1. The van der Waals surface area contributed by atoms with Crippen LogP contribution in [0.15, 0.2) is 102 Å². The third-order valence-electron chi connectivity index (χ3n) is 6.70. The Bertz CT molecular complexity index is 1710. The van der Waals surface area contributed by atoms with Gasteiger partial charge in [0, 0.05) is 34.0 Å². The number of nitrogens with one attached hydrogen (secondary N) is 2. The van der Waals surface area contributed by atoms with E-state index in [-0.39, 0.29) is 11.3 Å². The highest BCUT2D eigenvalue weighted by molar-refractivity contribution is 7.89. The molecule has 1 aromatic heterocycles. The van der Waals surface area contributed by atoms with Crippen LogP contribution in [0.2, 0.25) is 0 Å². The quantitative estimate of drug-likeness (QED) is 0.236. The number of fused-ring (bicyclic) bond motifs is 3. The Hall–Kier alpha value is -4.14. The zero-order valence-corrected chi connectivity index (χ0v) is 22.7. The predicted octanol–water partition coefficient (Wildman–Crippen LogP) is 5.74. The molecule has 2 N–H and O–H groups in total. The Morgan fingerprint density at radius 1 is 0.846 bits per heavy atom. The minimum Gasteiger partial charge on any atom is -0.494 e. The highest BCUT2D eigenvalue weighted by Crippen LogP contribution is 2.31. The Kier molecular flexibility index (Phi) is 7.67. The molecule has 39 heavy (non-hydrogen) atoms. The third-order valence-corrected chi connectivity index (χ3v) is 8.19. The number of benzene rings is 4. The van der Waals surface area contributed by atoms with Crippen LogP contribution in [0.1, 0.15) is 19.4 Å². The van der Waals surface area contributed by atoms with Crippen LogP contribution in [0.25, 0.3) is 21.8 Å². The summed E-state index contributed by atoms with van der Waals surface area (Å²) in [5, 5.41) is 5.08. The van der Waals surface area contributed by atoms with E-state index in [4.69, 9.17) is 4.74 Å². The minimum absolute atomic E-state index is 0.0607. The van der Waals surface area contributed by atoms with Gasteiger partial charge in [0.2, 0.25) is 15.9 Å². The van der Waals surface area contributed by atoms with Crippen molar-refractivity contribution >= 4 is 43.4 Å². The van der Waals surface area contributed by atoms with Crippen LogP contribution < -0.4 is 14.8 Å². The number of anilines is 1. The summed E-state index contributed by atoms with van der Waals surface area (Å²) in [5.74, 6) is 0.141. The summed E-state index contributed by atoms with van der Waals surface area (Å²) in [7, 11) is -3.98. The molecule has 0 saturated carbocycles. The highest BCUT2D eigenvalue weighted by Gasteiger charge is 2.26. The predicted molar refractivity (Wildman–Crippen MR) is 156 cm³/mol. The van der Waals surface area contributed by atoms with Crippen molar-refractivity contribution < 1.29 is 17.9 Å². The molecule has 1 heterocycles. The maximum Gasteiger partial charge on any atom is 0.242 e. The molecular formula is C31H31N3O4S. The first-order valence-corrected chi connectivity index (χ1v) is 14.5. The van der Waals surface area contributed by atoms with Gasteiger partial charge < -0.3 is 14.6 Å². The van der Waals surface area contributed by atoms with Crippen LogP contribution in [0, 0.1) is 0 Å². The first kappa shape index (κ1) is 26.5. The second-order valence-corrected chi connectivity index (χ2v) is 11.0. The number of hydrogen-bond acceptors (Lipinski definition) is 4. The van der Waals surface area contributed by atoms with E-state index in [2.05, 4.69) is 33.7 Å². The summed E-state index contributed by atoms with van der Waals surface area (Å²) >= 11 is 0. The number of aromatic nitrogens is 1. The Balaban J connectivity index is 1.44. The largest absolute Gasteiger partial charge is 0.494 e. The lowest BCUT2D eigenvalue weighted by Gasteiger charge is -2.19. The van der Waals surface area contributed by atoms with E-state index < -0.39 is 22.0 Å². The van der Waals surface area contributed by atoms with Gasteiger partial charge in [-0.2, -0.15) is 4.72 Å². The van der Waals surface area contributed by atoms with Gasteiger partial charge in [-0.1, -0.05) is 48.5 Å². The van der Waals surface area contributed by atoms with E-state index in [1.165, 1.54) is 12.1 Å². The normalized spacial score (nSPS) is 12.5. The Morgan fingerprint density at radius 2 is 1.54 bits per heavy atom. The number of carbonyl (C=O) groups is 1. The topological polar surface area (TPSA) is 89.4 Å². The average Bonchev–Trinajstić information content (AvgIpc) is 3.26. The molecule has 5 aromatic rings. The van der Waals surface area contributed by atoms with Crippen LogP contribution in [-0.4, -0.2) is 31.5 Å². The molecule has 0 aliphatic carbocycles. The van der Waals surface area contributed by atoms with Crippen molar-refractivity contribution in [3.63, 3.8) is 0 Å². The van der Waals surface area contributed by atoms with Crippen molar-refractivity contribution in [3.8, 4) is 5.75 Å². The monoisotopic (exact) mass is 541 g/mol. The van der Waals surface area contributed by atoms with Crippen LogP contribution in [-0.2, 0) is 27.8 Å². The molecule has 0 unspecified atom stereocenters. The molecule has 0 saturated heterocycles. The van der Waals surface area contributed by atoms with Crippen LogP contribution in [0.5, 0.6) is 5.75 Å². The smallest absolute Gasteiger partial charge is 0.242 e. The molecule has 0 aliphatic heterocycles. The lowest BCUT2D eigenvalue weighted by Crippen LogP contribution is -2.45. The van der Waals surface area contributed by atoms with Crippen molar-refractivity contribution in [2.75, 3.05) is 11.9 Å². The lowest BCUT2D eigenvalue weighted by atomic mass is 10.1. The molecule has 1 atom stereocenters.